The molecule has 0 heterocycles. The van der Waals surface area contributed by atoms with Gasteiger partial charge in [0.1, 0.15) is 0 Å². The molecule has 0 bridgehead atoms. The molecule has 1 unspecified atom stereocenters. The summed E-state index contributed by atoms with van der Waals surface area (Å²) in [6.07, 6.45) is 7.61. The number of nitrogens with two attached hydrogens (primary N) is 1. The maximum atomic E-state index is 5.56. The molecule has 3 heteroatoms. The molecule has 0 aromatic carbocycles. The molecule has 96 valence electrons. The van der Waals surface area contributed by atoms with Crippen molar-refractivity contribution in [3.05, 3.63) is 0 Å². The van der Waals surface area contributed by atoms with Crippen LogP contribution in [0.5, 0.6) is 0 Å². The van der Waals surface area contributed by atoms with Crippen LogP contribution in [-0.4, -0.2) is 32.3 Å². The van der Waals surface area contributed by atoms with Gasteiger partial charge in [0.2, 0.25) is 0 Å². The summed E-state index contributed by atoms with van der Waals surface area (Å²) in [5, 5.41) is 3.73. The van der Waals surface area contributed by atoms with Crippen molar-refractivity contribution in [2.24, 2.45) is 11.7 Å². The zero-order valence-electron chi connectivity index (χ0n) is 10.9. The highest BCUT2D eigenvalue weighted by molar-refractivity contribution is 4.79. The predicted molar refractivity (Wildman–Crippen MR) is 68.5 cm³/mol. The van der Waals surface area contributed by atoms with Crippen molar-refractivity contribution < 1.29 is 4.74 Å². The molecule has 1 fully saturated rings. The summed E-state index contributed by atoms with van der Waals surface area (Å²) >= 11 is 0. The minimum Gasteiger partial charge on any atom is -0.383 e. The van der Waals surface area contributed by atoms with E-state index in [0.29, 0.717) is 12.1 Å². The van der Waals surface area contributed by atoms with E-state index < -0.39 is 0 Å². The molecule has 0 radical (unpaired) electrons. The zero-order valence-corrected chi connectivity index (χ0v) is 10.9. The van der Waals surface area contributed by atoms with E-state index in [0.717, 1.165) is 31.9 Å². The van der Waals surface area contributed by atoms with E-state index in [2.05, 4.69) is 12.2 Å². The SMILES string of the molecule is COCC(CCCN)NC1CCC(C)CC1. The van der Waals surface area contributed by atoms with Crippen molar-refractivity contribution in [3.63, 3.8) is 0 Å². The Morgan fingerprint density at radius 3 is 2.56 bits per heavy atom. The van der Waals surface area contributed by atoms with Gasteiger partial charge >= 0.3 is 0 Å². The smallest absolute Gasteiger partial charge is 0.0615 e. The Bertz CT molecular complexity index is 167. The minimum atomic E-state index is 0.493. The standard InChI is InChI=1S/C13H28N2O/c1-11-5-7-12(8-6-11)15-13(10-16-2)4-3-9-14/h11-13,15H,3-10,14H2,1-2H3. The summed E-state index contributed by atoms with van der Waals surface area (Å²) in [5.74, 6) is 0.919. The molecule has 0 amide bonds. The number of rotatable bonds is 7. The molecule has 0 aromatic heterocycles. The van der Waals surface area contributed by atoms with Gasteiger partial charge in [-0.1, -0.05) is 6.92 Å². The average Bonchev–Trinajstić information content (AvgIpc) is 2.29. The van der Waals surface area contributed by atoms with Crippen LogP contribution in [-0.2, 0) is 4.74 Å². The first kappa shape index (κ1) is 13.9. The van der Waals surface area contributed by atoms with Crippen molar-refractivity contribution >= 4 is 0 Å². The lowest BCUT2D eigenvalue weighted by molar-refractivity contribution is 0.148. The van der Waals surface area contributed by atoms with E-state index >= 15 is 0 Å². The lowest BCUT2D eigenvalue weighted by Gasteiger charge is -2.30. The van der Waals surface area contributed by atoms with Gasteiger partial charge in [-0.25, -0.2) is 0 Å². The summed E-state index contributed by atoms with van der Waals surface area (Å²) in [6.45, 7) is 3.95. The summed E-state index contributed by atoms with van der Waals surface area (Å²) in [7, 11) is 1.78. The van der Waals surface area contributed by atoms with Gasteiger partial charge in [-0.2, -0.15) is 0 Å². The Balaban J connectivity index is 2.24. The molecule has 1 atom stereocenters. The lowest BCUT2D eigenvalue weighted by Crippen LogP contribution is -2.42. The summed E-state index contributed by atoms with van der Waals surface area (Å²) in [4.78, 5) is 0. The highest BCUT2D eigenvalue weighted by Crippen LogP contribution is 2.23. The molecule has 0 saturated heterocycles. The fraction of sp³-hybridized carbons (Fsp3) is 1.00. The molecule has 1 aliphatic rings. The Morgan fingerprint density at radius 2 is 2.00 bits per heavy atom. The third-order valence-electron chi connectivity index (χ3n) is 3.61. The van der Waals surface area contributed by atoms with Crippen molar-refractivity contribution in [2.75, 3.05) is 20.3 Å². The number of methoxy groups -OCH3 is 1. The molecule has 1 aliphatic carbocycles. The number of hydrogen-bond donors (Lipinski definition) is 2. The number of nitrogens with one attached hydrogen (secondary N) is 1. The van der Waals surface area contributed by atoms with Crippen LogP contribution in [0, 0.1) is 5.92 Å². The van der Waals surface area contributed by atoms with E-state index in [1.165, 1.54) is 25.7 Å². The Hall–Kier alpha value is -0.120. The highest BCUT2D eigenvalue weighted by atomic mass is 16.5. The third-order valence-corrected chi connectivity index (χ3v) is 3.61. The molecule has 1 saturated carbocycles. The molecule has 3 nitrogen and oxygen atoms in total. The van der Waals surface area contributed by atoms with Crippen LogP contribution in [0.3, 0.4) is 0 Å². The highest BCUT2D eigenvalue weighted by Gasteiger charge is 2.20. The maximum absolute atomic E-state index is 5.56. The second-order valence-corrected chi connectivity index (χ2v) is 5.21. The first-order valence-corrected chi connectivity index (χ1v) is 6.71. The van der Waals surface area contributed by atoms with Crippen molar-refractivity contribution in [1.29, 1.82) is 0 Å². The van der Waals surface area contributed by atoms with Gasteiger partial charge in [-0.15, -0.1) is 0 Å². The monoisotopic (exact) mass is 228 g/mol. The fourth-order valence-corrected chi connectivity index (χ4v) is 2.54. The normalized spacial score (nSPS) is 27.9. The van der Waals surface area contributed by atoms with Crippen LogP contribution in [0.25, 0.3) is 0 Å². The van der Waals surface area contributed by atoms with E-state index in [9.17, 15) is 0 Å². The summed E-state index contributed by atoms with van der Waals surface area (Å²) in [6, 6.07) is 1.20. The fourth-order valence-electron chi connectivity index (χ4n) is 2.54. The van der Waals surface area contributed by atoms with Crippen molar-refractivity contribution in [3.8, 4) is 0 Å². The zero-order chi connectivity index (χ0) is 11.8. The van der Waals surface area contributed by atoms with E-state index in [-0.39, 0.29) is 0 Å². The molecule has 0 aliphatic heterocycles. The van der Waals surface area contributed by atoms with E-state index in [1.54, 1.807) is 7.11 Å². The second-order valence-electron chi connectivity index (χ2n) is 5.21. The summed E-state index contributed by atoms with van der Waals surface area (Å²) < 4.78 is 5.26. The predicted octanol–water partition coefficient (Wildman–Crippen LogP) is 1.91. The molecule has 0 aromatic rings. The Labute approximate surface area is 100 Å². The number of hydrogen-bond acceptors (Lipinski definition) is 3. The van der Waals surface area contributed by atoms with Gasteiger partial charge < -0.3 is 15.8 Å². The van der Waals surface area contributed by atoms with Gasteiger partial charge in [0.15, 0.2) is 0 Å². The Morgan fingerprint density at radius 1 is 1.31 bits per heavy atom. The lowest BCUT2D eigenvalue weighted by atomic mass is 9.87. The van der Waals surface area contributed by atoms with Gasteiger partial charge in [-0.3, -0.25) is 0 Å². The number of ether oxygens (including phenoxy) is 1. The maximum Gasteiger partial charge on any atom is 0.0615 e. The van der Waals surface area contributed by atoms with Crippen molar-refractivity contribution in [2.45, 2.75) is 57.5 Å². The molecule has 0 spiro atoms. The van der Waals surface area contributed by atoms with Gasteiger partial charge in [-0.05, 0) is 51.0 Å². The van der Waals surface area contributed by atoms with Gasteiger partial charge in [0.25, 0.3) is 0 Å². The third kappa shape index (κ3) is 5.28. The second kappa shape index (κ2) is 8.04. The first-order valence-electron chi connectivity index (χ1n) is 6.71. The van der Waals surface area contributed by atoms with E-state index in [1.807, 2.05) is 0 Å². The molecular weight excluding hydrogens is 200 g/mol. The Kier molecular flexibility index (Phi) is 7.01. The van der Waals surface area contributed by atoms with Gasteiger partial charge in [0, 0.05) is 19.2 Å². The van der Waals surface area contributed by atoms with Gasteiger partial charge in [0.05, 0.1) is 6.61 Å². The van der Waals surface area contributed by atoms with Crippen LogP contribution >= 0.6 is 0 Å². The van der Waals surface area contributed by atoms with E-state index in [4.69, 9.17) is 10.5 Å². The molecule has 3 N–H and O–H groups in total. The van der Waals surface area contributed by atoms with Crippen LogP contribution in [0.2, 0.25) is 0 Å². The first-order chi connectivity index (χ1) is 7.76. The van der Waals surface area contributed by atoms with Crippen LogP contribution < -0.4 is 11.1 Å². The van der Waals surface area contributed by atoms with Crippen molar-refractivity contribution in [1.82, 2.24) is 5.32 Å². The topological polar surface area (TPSA) is 47.3 Å². The molecule has 1 rings (SSSR count). The quantitative estimate of drug-likeness (QED) is 0.700. The molecular formula is C13H28N2O. The largest absolute Gasteiger partial charge is 0.383 e. The van der Waals surface area contributed by atoms with Crippen LogP contribution in [0.1, 0.15) is 45.4 Å². The molecule has 16 heavy (non-hydrogen) atoms. The average molecular weight is 228 g/mol. The van der Waals surface area contributed by atoms with Crippen LogP contribution in [0.15, 0.2) is 0 Å². The summed E-state index contributed by atoms with van der Waals surface area (Å²) in [5.41, 5.74) is 5.56. The minimum absolute atomic E-state index is 0.493. The van der Waals surface area contributed by atoms with Crippen LogP contribution in [0.4, 0.5) is 0 Å².